The average Bonchev–Trinajstić information content (AvgIpc) is 3.10. The van der Waals surface area contributed by atoms with Gasteiger partial charge in [0.15, 0.2) is 11.5 Å². The topological polar surface area (TPSA) is 44.5 Å². The van der Waals surface area contributed by atoms with Crippen LogP contribution in [0.4, 0.5) is 8.78 Å². The maximum absolute atomic E-state index is 12.4. The molecule has 18 heavy (non-hydrogen) atoms. The van der Waals surface area contributed by atoms with Crippen molar-refractivity contribution < 1.29 is 18.3 Å². The molecule has 99 valence electrons. The number of hydrogen-bond acceptors (Lipinski definition) is 3. The minimum atomic E-state index is -2.90. The molecule has 0 amide bonds. The summed E-state index contributed by atoms with van der Waals surface area (Å²) in [4.78, 5) is 0. The minimum Gasteiger partial charge on any atom is -0.489 e. The van der Waals surface area contributed by atoms with Gasteiger partial charge in [-0.1, -0.05) is 6.07 Å². The van der Waals surface area contributed by atoms with Crippen LogP contribution in [0.15, 0.2) is 12.1 Å². The number of benzene rings is 1. The largest absolute Gasteiger partial charge is 0.489 e. The Morgan fingerprint density at radius 3 is 2.78 bits per heavy atom. The zero-order valence-electron chi connectivity index (χ0n) is 10.2. The van der Waals surface area contributed by atoms with Gasteiger partial charge in [-0.15, -0.1) is 0 Å². The molecule has 1 aliphatic carbocycles. The molecule has 1 fully saturated rings. The van der Waals surface area contributed by atoms with Crippen LogP contribution in [-0.2, 0) is 0 Å². The summed E-state index contributed by atoms with van der Waals surface area (Å²) >= 11 is 0. The van der Waals surface area contributed by atoms with Gasteiger partial charge < -0.3 is 15.2 Å². The Labute approximate surface area is 105 Å². The fourth-order valence-electron chi connectivity index (χ4n) is 1.64. The van der Waals surface area contributed by atoms with Gasteiger partial charge in [0.2, 0.25) is 0 Å². The first-order chi connectivity index (χ1) is 8.58. The standard InChI is InChI=1S/C13H16F2NO2/c1-8(16)10-3-2-4-11(12(10)18-13(14)15)17-7-9-5-6-9/h2-3,8-9,13H,5-7,16H2,1H3. The van der Waals surface area contributed by atoms with Crippen molar-refractivity contribution in [2.24, 2.45) is 11.7 Å². The van der Waals surface area contributed by atoms with Crippen LogP contribution >= 0.6 is 0 Å². The van der Waals surface area contributed by atoms with Crippen LogP contribution in [-0.4, -0.2) is 13.2 Å². The van der Waals surface area contributed by atoms with Gasteiger partial charge in [-0.2, -0.15) is 8.78 Å². The number of alkyl halides is 2. The predicted octanol–water partition coefficient (Wildman–Crippen LogP) is 2.90. The average molecular weight is 256 g/mol. The fourth-order valence-corrected chi connectivity index (χ4v) is 1.64. The van der Waals surface area contributed by atoms with Crippen molar-refractivity contribution in [1.82, 2.24) is 0 Å². The van der Waals surface area contributed by atoms with Crippen molar-refractivity contribution in [2.45, 2.75) is 32.4 Å². The molecule has 1 aromatic carbocycles. The lowest BCUT2D eigenvalue weighted by atomic mass is 10.1. The van der Waals surface area contributed by atoms with Crippen molar-refractivity contribution in [3.8, 4) is 11.5 Å². The molecule has 1 aliphatic rings. The highest BCUT2D eigenvalue weighted by molar-refractivity contribution is 5.47. The van der Waals surface area contributed by atoms with E-state index in [1.54, 1.807) is 19.1 Å². The zero-order valence-corrected chi connectivity index (χ0v) is 10.2. The molecule has 1 unspecified atom stereocenters. The Morgan fingerprint density at radius 1 is 1.50 bits per heavy atom. The summed E-state index contributed by atoms with van der Waals surface area (Å²) < 4.78 is 34.8. The van der Waals surface area contributed by atoms with E-state index in [1.165, 1.54) is 0 Å². The van der Waals surface area contributed by atoms with Crippen molar-refractivity contribution in [1.29, 1.82) is 0 Å². The number of hydrogen-bond donors (Lipinski definition) is 1. The van der Waals surface area contributed by atoms with Gasteiger partial charge in [0.25, 0.3) is 0 Å². The molecule has 0 saturated heterocycles. The van der Waals surface area contributed by atoms with E-state index in [1.807, 2.05) is 0 Å². The lowest BCUT2D eigenvalue weighted by Crippen LogP contribution is -2.12. The molecule has 0 heterocycles. The van der Waals surface area contributed by atoms with Crippen molar-refractivity contribution in [3.05, 3.63) is 23.8 Å². The highest BCUT2D eigenvalue weighted by Crippen LogP contribution is 2.37. The summed E-state index contributed by atoms with van der Waals surface area (Å²) in [6, 6.07) is 5.61. The minimum absolute atomic E-state index is 0.00292. The lowest BCUT2D eigenvalue weighted by molar-refractivity contribution is -0.0523. The van der Waals surface area contributed by atoms with E-state index in [9.17, 15) is 8.78 Å². The van der Waals surface area contributed by atoms with Crippen LogP contribution in [0.2, 0.25) is 0 Å². The molecule has 1 radical (unpaired) electrons. The summed E-state index contributed by atoms with van der Waals surface area (Å²) in [7, 11) is 0. The highest BCUT2D eigenvalue weighted by Gasteiger charge is 2.24. The second-order valence-corrected chi connectivity index (χ2v) is 4.51. The Bertz CT molecular complexity index is 406. The van der Waals surface area contributed by atoms with E-state index in [4.69, 9.17) is 10.5 Å². The van der Waals surface area contributed by atoms with Crippen molar-refractivity contribution >= 4 is 0 Å². The van der Waals surface area contributed by atoms with Crippen molar-refractivity contribution in [2.75, 3.05) is 6.61 Å². The Balaban J connectivity index is 2.21. The number of halogens is 2. The summed E-state index contributed by atoms with van der Waals surface area (Å²) in [5.74, 6) is 0.747. The van der Waals surface area contributed by atoms with Crippen LogP contribution in [0.5, 0.6) is 11.5 Å². The molecule has 2 rings (SSSR count). The van der Waals surface area contributed by atoms with E-state index in [-0.39, 0.29) is 11.5 Å². The molecular formula is C13H16F2NO2. The van der Waals surface area contributed by atoms with Gasteiger partial charge in [-0.3, -0.25) is 0 Å². The van der Waals surface area contributed by atoms with Crippen LogP contribution in [0.3, 0.4) is 0 Å². The summed E-state index contributed by atoms with van der Waals surface area (Å²) in [5, 5.41) is 0. The maximum Gasteiger partial charge on any atom is 0.387 e. The molecule has 0 bridgehead atoms. The van der Waals surface area contributed by atoms with Gasteiger partial charge >= 0.3 is 6.61 Å². The first-order valence-electron chi connectivity index (χ1n) is 5.95. The van der Waals surface area contributed by atoms with E-state index in [0.29, 0.717) is 18.1 Å². The molecule has 1 aromatic rings. The SMILES string of the molecule is CC(N)c1cc[c]c(OCC2CC2)c1OC(F)F. The molecule has 1 saturated carbocycles. The van der Waals surface area contributed by atoms with Crippen LogP contribution in [0.25, 0.3) is 0 Å². The molecule has 3 nitrogen and oxygen atoms in total. The van der Waals surface area contributed by atoms with E-state index >= 15 is 0 Å². The quantitative estimate of drug-likeness (QED) is 0.851. The van der Waals surface area contributed by atoms with Gasteiger partial charge in [0.05, 0.1) is 6.61 Å². The third-order valence-corrected chi connectivity index (χ3v) is 2.80. The molecule has 2 N–H and O–H groups in total. The van der Waals surface area contributed by atoms with Crippen LogP contribution in [0.1, 0.15) is 31.4 Å². The normalized spacial score (nSPS) is 16.7. The van der Waals surface area contributed by atoms with E-state index in [0.717, 1.165) is 12.8 Å². The third-order valence-electron chi connectivity index (χ3n) is 2.80. The summed E-state index contributed by atoms with van der Waals surface area (Å²) in [6.07, 6.45) is 2.25. The van der Waals surface area contributed by atoms with Gasteiger partial charge in [0.1, 0.15) is 0 Å². The monoisotopic (exact) mass is 256 g/mol. The van der Waals surface area contributed by atoms with Crippen molar-refractivity contribution in [3.63, 3.8) is 0 Å². The van der Waals surface area contributed by atoms with Gasteiger partial charge in [0, 0.05) is 17.7 Å². The van der Waals surface area contributed by atoms with Gasteiger partial charge in [-0.05, 0) is 31.7 Å². The summed E-state index contributed by atoms with van der Waals surface area (Å²) in [6.45, 7) is -0.682. The zero-order chi connectivity index (χ0) is 13.1. The fraction of sp³-hybridized carbons (Fsp3) is 0.538. The second kappa shape index (κ2) is 5.52. The summed E-state index contributed by atoms with van der Waals surface area (Å²) in [5.41, 5.74) is 6.23. The molecular weight excluding hydrogens is 240 g/mol. The number of ether oxygens (including phenoxy) is 2. The number of nitrogens with two attached hydrogens (primary N) is 1. The maximum atomic E-state index is 12.4. The van der Waals surface area contributed by atoms with Gasteiger partial charge in [-0.25, -0.2) is 0 Å². The second-order valence-electron chi connectivity index (χ2n) is 4.51. The smallest absolute Gasteiger partial charge is 0.387 e. The Morgan fingerprint density at radius 2 is 2.22 bits per heavy atom. The lowest BCUT2D eigenvalue weighted by Gasteiger charge is -2.17. The molecule has 0 aromatic heterocycles. The first-order valence-corrected chi connectivity index (χ1v) is 5.95. The third kappa shape index (κ3) is 3.32. The number of rotatable bonds is 6. The Kier molecular flexibility index (Phi) is 4.01. The molecule has 1 atom stereocenters. The molecule has 0 aliphatic heterocycles. The molecule has 0 spiro atoms. The highest BCUT2D eigenvalue weighted by atomic mass is 19.3. The van der Waals surface area contributed by atoms with Crippen LogP contribution in [0, 0.1) is 12.0 Å². The Hall–Kier alpha value is -1.36. The van der Waals surface area contributed by atoms with E-state index < -0.39 is 12.7 Å². The van der Waals surface area contributed by atoms with Crippen LogP contribution < -0.4 is 15.2 Å². The first kappa shape index (κ1) is 13.1. The predicted molar refractivity (Wildman–Crippen MR) is 62.7 cm³/mol. The van der Waals surface area contributed by atoms with E-state index in [2.05, 4.69) is 10.8 Å². The molecule has 5 heteroatoms.